The predicted octanol–water partition coefficient (Wildman–Crippen LogP) is 0.877. The highest BCUT2D eigenvalue weighted by atomic mass is 16.1. The minimum Gasteiger partial charge on any atom is -0.330 e. The zero-order valence-corrected chi connectivity index (χ0v) is 22.2. The van der Waals surface area contributed by atoms with Crippen molar-refractivity contribution in [2.75, 3.05) is 40.8 Å². The van der Waals surface area contributed by atoms with Gasteiger partial charge in [0, 0.05) is 0 Å². The standard InChI is InChI=1S/3C8H18N2O/c3*1-7(11)8(10-2)5-3-4-6-9/h3*8,10H,3-6,9H2,1-2H3/t3*8-/m000/s1. The summed E-state index contributed by atoms with van der Waals surface area (Å²) >= 11 is 0. The van der Waals surface area contributed by atoms with Gasteiger partial charge in [-0.05, 0) is 100 Å². The van der Waals surface area contributed by atoms with Gasteiger partial charge in [0.15, 0.2) is 0 Å². The van der Waals surface area contributed by atoms with Crippen LogP contribution >= 0.6 is 0 Å². The summed E-state index contributed by atoms with van der Waals surface area (Å²) in [6, 6.07) is 0.0876. The maximum Gasteiger partial charge on any atom is 0.146 e. The Morgan fingerprint density at radius 3 is 0.848 bits per heavy atom. The minimum absolute atomic E-state index is 0.0292. The van der Waals surface area contributed by atoms with Crippen LogP contribution in [0.4, 0.5) is 0 Å². The number of carbonyl (C=O) groups is 3. The van der Waals surface area contributed by atoms with Crippen molar-refractivity contribution in [1.29, 1.82) is 0 Å². The quantitative estimate of drug-likeness (QED) is 0.158. The number of ketones is 3. The fourth-order valence-electron chi connectivity index (χ4n) is 3.13. The monoisotopic (exact) mass is 474 g/mol. The fourth-order valence-corrected chi connectivity index (χ4v) is 3.13. The van der Waals surface area contributed by atoms with Gasteiger partial charge in [-0.2, -0.15) is 0 Å². The second-order valence-electron chi connectivity index (χ2n) is 8.21. The van der Waals surface area contributed by atoms with E-state index in [0.29, 0.717) is 19.6 Å². The summed E-state index contributed by atoms with van der Waals surface area (Å²) in [4.78, 5) is 32.6. The van der Waals surface area contributed by atoms with Crippen molar-refractivity contribution >= 4 is 17.3 Å². The molecule has 0 amide bonds. The molecule has 0 aliphatic heterocycles. The van der Waals surface area contributed by atoms with Crippen LogP contribution in [0.25, 0.3) is 0 Å². The highest BCUT2D eigenvalue weighted by Crippen LogP contribution is 2.01. The van der Waals surface area contributed by atoms with E-state index in [1.54, 1.807) is 20.8 Å². The molecule has 0 aromatic rings. The third-order valence-corrected chi connectivity index (χ3v) is 5.36. The average Bonchev–Trinajstić information content (AvgIpc) is 2.77. The average molecular weight is 475 g/mol. The first-order valence-corrected chi connectivity index (χ1v) is 12.3. The Bertz CT molecular complexity index is 411. The Kier molecular flexibility index (Phi) is 29.8. The van der Waals surface area contributed by atoms with Crippen molar-refractivity contribution < 1.29 is 14.4 Å². The van der Waals surface area contributed by atoms with Gasteiger partial charge in [-0.25, -0.2) is 0 Å². The number of likely N-dealkylation sites (N-methyl/N-ethyl adjacent to an activating group) is 3. The van der Waals surface area contributed by atoms with Gasteiger partial charge in [0.2, 0.25) is 0 Å². The third-order valence-electron chi connectivity index (χ3n) is 5.36. The van der Waals surface area contributed by atoms with E-state index in [-0.39, 0.29) is 35.5 Å². The Labute approximate surface area is 202 Å². The molecule has 0 aliphatic rings. The van der Waals surface area contributed by atoms with Crippen LogP contribution in [-0.2, 0) is 14.4 Å². The molecule has 0 bridgehead atoms. The van der Waals surface area contributed by atoms with Gasteiger partial charge in [-0.1, -0.05) is 19.3 Å². The Hall–Kier alpha value is -1.23. The molecule has 3 atom stereocenters. The first-order chi connectivity index (χ1) is 15.7. The zero-order valence-electron chi connectivity index (χ0n) is 22.2. The molecule has 0 fully saturated rings. The number of carbonyl (C=O) groups excluding carboxylic acids is 3. The lowest BCUT2D eigenvalue weighted by molar-refractivity contribution is -0.119. The van der Waals surface area contributed by atoms with Crippen LogP contribution in [0, 0.1) is 0 Å². The van der Waals surface area contributed by atoms with Crippen molar-refractivity contribution in [3.63, 3.8) is 0 Å². The summed E-state index contributed by atoms with van der Waals surface area (Å²) in [5.41, 5.74) is 16.0. The smallest absolute Gasteiger partial charge is 0.146 e. The van der Waals surface area contributed by atoms with Gasteiger partial charge in [-0.3, -0.25) is 14.4 Å². The van der Waals surface area contributed by atoms with E-state index in [1.165, 1.54) is 0 Å². The minimum atomic E-state index is 0.0292. The van der Waals surface area contributed by atoms with E-state index in [9.17, 15) is 14.4 Å². The lowest BCUT2D eigenvalue weighted by atomic mass is 10.1. The van der Waals surface area contributed by atoms with E-state index in [1.807, 2.05) is 21.1 Å². The Balaban J connectivity index is -0.000000409. The van der Waals surface area contributed by atoms with Crippen molar-refractivity contribution in [1.82, 2.24) is 16.0 Å². The zero-order chi connectivity index (χ0) is 26.1. The molecule has 0 aromatic heterocycles. The lowest BCUT2D eigenvalue weighted by Crippen LogP contribution is -2.32. The van der Waals surface area contributed by atoms with E-state index < -0.39 is 0 Å². The molecule has 0 saturated carbocycles. The Morgan fingerprint density at radius 1 is 0.515 bits per heavy atom. The first kappa shape index (κ1) is 36.3. The molecule has 0 spiro atoms. The molecule has 0 saturated heterocycles. The van der Waals surface area contributed by atoms with Crippen LogP contribution in [0.5, 0.6) is 0 Å². The molecular weight excluding hydrogens is 420 g/mol. The summed E-state index contributed by atoms with van der Waals surface area (Å²) < 4.78 is 0. The molecule has 0 rings (SSSR count). The lowest BCUT2D eigenvalue weighted by Gasteiger charge is -2.11. The number of unbranched alkanes of at least 4 members (excludes halogenated alkanes) is 3. The van der Waals surface area contributed by atoms with Gasteiger partial charge < -0.3 is 33.2 Å². The topological polar surface area (TPSA) is 165 Å². The molecule has 0 heterocycles. The van der Waals surface area contributed by atoms with Crippen molar-refractivity contribution in [3.8, 4) is 0 Å². The summed E-state index contributed by atoms with van der Waals surface area (Å²) in [5.74, 6) is 0.638. The molecule has 198 valence electrons. The molecule has 9 N–H and O–H groups in total. The summed E-state index contributed by atoms with van der Waals surface area (Å²) in [6.45, 7) is 6.99. The van der Waals surface area contributed by atoms with Crippen LogP contribution in [0.15, 0.2) is 0 Å². The molecule has 9 heteroatoms. The van der Waals surface area contributed by atoms with E-state index >= 15 is 0 Å². The normalized spacial score (nSPS) is 13.0. The van der Waals surface area contributed by atoms with Crippen LogP contribution in [0.3, 0.4) is 0 Å². The summed E-state index contributed by atoms with van der Waals surface area (Å²) in [6.07, 6.45) is 8.82. The number of hydrogen-bond acceptors (Lipinski definition) is 9. The van der Waals surface area contributed by atoms with Gasteiger partial charge in [0.05, 0.1) is 18.1 Å². The molecule has 33 heavy (non-hydrogen) atoms. The highest BCUT2D eigenvalue weighted by Gasteiger charge is 2.10. The number of nitrogens with two attached hydrogens (primary N) is 3. The van der Waals surface area contributed by atoms with Crippen LogP contribution < -0.4 is 33.2 Å². The molecular formula is C24H54N6O3. The fraction of sp³-hybridized carbons (Fsp3) is 0.875. The van der Waals surface area contributed by atoms with Crippen molar-refractivity contribution in [3.05, 3.63) is 0 Å². The number of rotatable bonds is 18. The van der Waals surface area contributed by atoms with Gasteiger partial charge in [0.25, 0.3) is 0 Å². The number of hydrogen-bond donors (Lipinski definition) is 6. The van der Waals surface area contributed by atoms with Crippen LogP contribution in [0.2, 0.25) is 0 Å². The summed E-state index contributed by atoms with van der Waals surface area (Å²) in [7, 11) is 5.44. The number of nitrogens with one attached hydrogen (secondary N) is 3. The Morgan fingerprint density at radius 2 is 0.727 bits per heavy atom. The first-order valence-electron chi connectivity index (χ1n) is 12.3. The van der Waals surface area contributed by atoms with Gasteiger partial charge in [-0.15, -0.1) is 0 Å². The van der Waals surface area contributed by atoms with E-state index in [2.05, 4.69) is 16.0 Å². The molecule has 0 aromatic carbocycles. The van der Waals surface area contributed by atoms with Gasteiger partial charge >= 0.3 is 0 Å². The second-order valence-corrected chi connectivity index (χ2v) is 8.21. The van der Waals surface area contributed by atoms with Crippen molar-refractivity contribution in [2.45, 2.75) is 96.7 Å². The molecule has 0 unspecified atom stereocenters. The summed E-state index contributed by atoms with van der Waals surface area (Å²) in [5, 5.41) is 8.91. The largest absolute Gasteiger partial charge is 0.330 e. The van der Waals surface area contributed by atoms with E-state index in [0.717, 1.165) is 57.8 Å². The van der Waals surface area contributed by atoms with Crippen LogP contribution in [0.1, 0.15) is 78.6 Å². The predicted molar refractivity (Wildman–Crippen MR) is 139 cm³/mol. The maximum atomic E-state index is 10.9. The van der Waals surface area contributed by atoms with Crippen LogP contribution in [-0.4, -0.2) is 76.3 Å². The maximum absolute atomic E-state index is 10.9. The molecule has 9 nitrogen and oxygen atoms in total. The molecule has 0 aliphatic carbocycles. The second kappa shape index (κ2) is 27.0. The highest BCUT2D eigenvalue weighted by molar-refractivity contribution is 5.82. The third kappa shape index (κ3) is 25.2. The van der Waals surface area contributed by atoms with Crippen molar-refractivity contribution in [2.24, 2.45) is 17.2 Å². The SMILES string of the molecule is CN[C@@H](CCCCN)C(C)=O.CN[C@@H](CCCCN)C(C)=O.CN[C@@H](CCCCN)C(C)=O. The molecule has 0 radical (unpaired) electrons. The van der Waals surface area contributed by atoms with Gasteiger partial charge in [0.1, 0.15) is 17.3 Å². The number of Topliss-reactive ketones (excluding diaryl/α,β-unsaturated/α-hetero) is 3. The van der Waals surface area contributed by atoms with E-state index in [4.69, 9.17) is 17.2 Å².